The van der Waals surface area contributed by atoms with Crippen LogP contribution in [0.5, 0.6) is 11.8 Å². The monoisotopic (exact) mass is 365 g/mol. The van der Waals surface area contributed by atoms with E-state index >= 15 is 0 Å². The SMILES string of the molecule is O=C(Nc1ccc(Oc2ncccn2)cc1)N1CCCC(n2ccnn2)C1. The van der Waals surface area contributed by atoms with Crippen molar-refractivity contribution in [2.45, 2.75) is 18.9 Å². The molecule has 1 saturated heterocycles. The van der Waals surface area contributed by atoms with Crippen molar-refractivity contribution in [2.24, 2.45) is 0 Å². The van der Waals surface area contributed by atoms with E-state index in [-0.39, 0.29) is 18.1 Å². The van der Waals surface area contributed by atoms with Crippen LogP contribution in [0, 0.1) is 0 Å². The minimum atomic E-state index is -0.125. The first-order chi connectivity index (χ1) is 13.3. The van der Waals surface area contributed by atoms with Gasteiger partial charge >= 0.3 is 12.0 Å². The van der Waals surface area contributed by atoms with Gasteiger partial charge in [-0.2, -0.15) is 0 Å². The number of rotatable bonds is 4. The molecular weight excluding hydrogens is 346 g/mol. The molecule has 138 valence electrons. The first kappa shape index (κ1) is 17.0. The molecule has 1 unspecified atom stereocenters. The lowest BCUT2D eigenvalue weighted by Crippen LogP contribution is -2.43. The maximum Gasteiger partial charge on any atom is 0.321 e. The summed E-state index contributed by atoms with van der Waals surface area (Å²) in [7, 11) is 0. The summed E-state index contributed by atoms with van der Waals surface area (Å²) < 4.78 is 7.37. The van der Waals surface area contributed by atoms with E-state index in [1.165, 1.54) is 0 Å². The second-order valence-electron chi connectivity index (χ2n) is 6.21. The Morgan fingerprint density at radius 3 is 2.70 bits per heavy atom. The Labute approximate surface area is 156 Å². The fourth-order valence-electron chi connectivity index (χ4n) is 3.02. The molecule has 2 amide bonds. The van der Waals surface area contributed by atoms with Crippen molar-refractivity contribution in [3.8, 4) is 11.8 Å². The number of likely N-dealkylation sites (tertiary alicyclic amines) is 1. The molecule has 0 bridgehead atoms. The highest BCUT2D eigenvalue weighted by Gasteiger charge is 2.25. The van der Waals surface area contributed by atoms with Gasteiger partial charge in [0, 0.05) is 37.4 Å². The van der Waals surface area contributed by atoms with E-state index in [0.29, 0.717) is 18.0 Å². The summed E-state index contributed by atoms with van der Waals surface area (Å²) in [5, 5.41) is 10.8. The smallest absolute Gasteiger partial charge is 0.321 e. The number of aromatic nitrogens is 5. The molecule has 0 radical (unpaired) electrons. The molecule has 0 saturated carbocycles. The van der Waals surface area contributed by atoms with Crippen LogP contribution in [0.15, 0.2) is 55.1 Å². The maximum absolute atomic E-state index is 12.6. The quantitative estimate of drug-likeness (QED) is 0.763. The molecule has 3 aromatic rings. The van der Waals surface area contributed by atoms with Crippen molar-refractivity contribution in [1.29, 1.82) is 0 Å². The number of carbonyl (C=O) groups is 1. The number of anilines is 1. The summed E-state index contributed by atoms with van der Waals surface area (Å²) in [6, 6.07) is 9.14. The van der Waals surface area contributed by atoms with Crippen molar-refractivity contribution in [1.82, 2.24) is 29.9 Å². The van der Waals surface area contributed by atoms with Crippen LogP contribution in [0.3, 0.4) is 0 Å². The summed E-state index contributed by atoms with van der Waals surface area (Å²) in [5.41, 5.74) is 0.698. The number of hydrogen-bond acceptors (Lipinski definition) is 6. The fraction of sp³-hybridized carbons (Fsp3) is 0.278. The van der Waals surface area contributed by atoms with Crippen LogP contribution < -0.4 is 10.1 Å². The average molecular weight is 365 g/mol. The highest BCUT2D eigenvalue weighted by molar-refractivity contribution is 5.89. The van der Waals surface area contributed by atoms with Gasteiger partial charge in [0.1, 0.15) is 5.75 Å². The lowest BCUT2D eigenvalue weighted by atomic mass is 10.1. The second kappa shape index (κ2) is 7.81. The molecule has 1 fully saturated rings. The predicted octanol–water partition coefficient (Wildman–Crippen LogP) is 2.73. The zero-order valence-corrected chi connectivity index (χ0v) is 14.6. The molecule has 0 aliphatic carbocycles. The molecule has 0 spiro atoms. The number of nitrogens with zero attached hydrogens (tertiary/aromatic N) is 6. The predicted molar refractivity (Wildman–Crippen MR) is 97.4 cm³/mol. The third-order valence-corrected chi connectivity index (χ3v) is 4.36. The summed E-state index contributed by atoms with van der Waals surface area (Å²) in [5.74, 6) is 0.600. The van der Waals surface area contributed by atoms with E-state index < -0.39 is 0 Å². The van der Waals surface area contributed by atoms with Gasteiger partial charge in [0.15, 0.2) is 0 Å². The Hall–Kier alpha value is -3.49. The first-order valence-corrected chi connectivity index (χ1v) is 8.74. The molecule has 1 aromatic carbocycles. The van der Waals surface area contributed by atoms with E-state index in [1.54, 1.807) is 53.8 Å². The number of ether oxygens (including phenoxy) is 1. The van der Waals surface area contributed by atoms with Gasteiger partial charge in [0.25, 0.3) is 0 Å². The zero-order valence-electron chi connectivity index (χ0n) is 14.6. The summed E-state index contributed by atoms with van der Waals surface area (Å²) >= 11 is 0. The molecule has 9 heteroatoms. The number of urea groups is 1. The van der Waals surface area contributed by atoms with Gasteiger partial charge in [-0.3, -0.25) is 0 Å². The Bertz CT molecular complexity index is 868. The highest BCUT2D eigenvalue weighted by Crippen LogP contribution is 2.23. The van der Waals surface area contributed by atoms with Gasteiger partial charge in [-0.15, -0.1) is 5.10 Å². The van der Waals surface area contributed by atoms with Gasteiger partial charge in [-0.05, 0) is 43.2 Å². The molecule has 9 nitrogen and oxygen atoms in total. The Morgan fingerprint density at radius 1 is 1.15 bits per heavy atom. The van der Waals surface area contributed by atoms with Gasteiger partial charge in [0.2, 0.25) is 0 Å². The van der Waals surface area contributed by atoms with Gasteiger partial charge in [0.05, 0.1) is 12.2 Å². The molecule has 1 atom stereocenters. The largest absolute Gasteiger partial charge is 0.424 e. The van der Waals surface area contributed by atoms with E-state index in [4.69, 9.17) is 4.74 Å². The lowest BCUT2D eigenvalue weighted by molar-refractivity contribution is 0.174. The van der Waals surface area contributed by atoms with Crippen molar-refractivity contribution in [3.05, 3.63) is 55.1 Å². The van der Waals surface area contributed by atoms with Crippen LogP contribution >= 0.6 is 0 Å². The number of hydrogen-bond donors (Lipinski definition) is 1. The van der Waals surface area contributed by atoms with E-state index in [0.717, 1.165) is 19.4 Å². The van der Waals surface area contributed by atoms with Crippen LogP contribution in [0.4, 0.5) is 10.5 Å². The molecule has 1 N–H and O–H groups in total. The Morgan fingerprint density at radius 2 is 1.96 bits per heavy atom. The van der Waals surface area contributed by atoms with Crippen molar-refractivity contribution in [2.75, 3.05) is 18.4 Å². The minimum Gasteiger partial charge on any atom is -0.424 e. The molecular formula is C18H19N7O2. The standard InChI is InChI=1S/C18H19N7O2/c26-18(24-11-1-3-15(13-24)25-12-10-21-23-25)22-14-4-6-16(7-5-14)27-17-19-8-2-9-20-17/h2,4-10,12,15H,1,3,11,13H2,(H,22,26). The number of benzene rings is 1. The molecule has 3 heterocycles. The number of carbonyl (C=O) groups excluding carboxylic acids is 1. The number of piperidine rings is 1. The van der Waals surface area contributed by atoms with Crippen LogP contribution in [0.1, 0.15) is 18.9 Å². The van der Waals surface area contributed by atoms with Gasteiger partial charge in [-0.1, -0.05) is 5.21 Å². The third kappa shape index (κ3) is 4.20. The van der Waals surface area contributed by atoms with Crippen molar-refractivity contribution in [3.63, 3.8) is 0 Å². The second-order valence-corrected chi connectivity index (χ2v) is 6.21. The molecule has 4 rings (SSSR count). The van der Waals surface area contributed by atoms with Crippen LogP contribution in [0.2, 0.25) is 0 Å². The summed E-state index contributed by atoms with van der Waals surface area (Å²) in [6.07, 6.45) is 8.64. The van der Waals surface area contributed by atoms with Crippen LogP contribution in [-0.4, -0.2) is 49.0 Å². The average Bonchev–Trinajstić information content (AvgIpc) is 3.25. The molecule has 2 aromatic heterocycles. The van der Waals surface area contributed by atoms with Gasteiger partial charge < -0.3 is 15.0 Å². The number of nitrogens with one attached hydrogen (secondary N) is 1. The zero-order chi connectivity index (χ0) is 18.5. The summed E-state index contributed by atoms with van der Waals surface area (Å²) in [4.78, 5) is 22.4. The van der Waals surface area contributed by atoms with Crippen LogP contribution in [-0.2, 0) is 0 Å². The lowest BCUT2D eigenvalue weighted by Gasteiger charge is -2.32. The van der Waals surface area contributed by atoms with E-state index in [1.807, 2.05) is 10.9 Å². The molecule has 1 aliphatic heterocycles. The Balaban J connectivity index is 1.35. The topological polar surface area (TPSA) is 98.1 Å². The maximum atomic E-state index is 12.6. The molecule has 27 heavy (non-hydrogen) atoms. The first-order valence-electron chi connectivity index (χ1n) is 8.74. The van der Waals surface area contributed by atoms with Gasteiger partial charge in [-0.25, -0.2) is 19.4 Å². The van der Waals surface area contributed by atoms with Crippen molar-refractivity contribution >= 4 is 11.7 Å². The Kier molecular flexibility index (Phi) is 4.91. The van der Waals surface area contributed by atoms with E-state index in [2.05, 4.69) is 25.6 Å². The molecule has 1 aliphatic rings. The third-order valence-electron chi connectivity index (χ3n) is 4.36. The van der Waals surface area contributed by atoms with E-state index in [9.17, 15) is 4.79 Å². The summed E-state index contributed by atoms with van der Waals surface area (Å²) in [6.45, 7) is 1.34. The fourth-order valence-corrected chi connectivity index (χ4v) is 3.02. The normalized spacial score (nSPS) is 16.7. The number of amides is 2. The van der Waals surface area contributed by atoms with Crippen molar-refractivity contribution < 1.29 is 9.53 Å². The highest BCUT2D eigenvalue weighted by atomic mass is 16.5. The van der Waals surface area contributed by atoms with Crippen LogP contribution in [0.25, 0.3) is 0 Å². The minimum absolute atomic E-state index is 0.125.